The molecule has 0 fully saturated rings. The summed E-state index contributed by atoms with van der Waals surface area (Å²) >= 11 is 0. The van der Waals surface area contributed by atoms with Gasteiger partial charge in [-0.05, 0) is 25.0 Å². The number of carbonyl (C=O) groups excluding carboxylic acids is 1. The molecule has 0 saturated heterocycles. The van der Waals surface area contributed by atoms with Crippen LogP contribution in [0.15, 0.2) is 24.3 Å². The third kappa shape index (κ3) is 4.29. The van der Waals surface area contributed by atoms with Crippen molar-refractivity contribution in [3.05, 3.63) is 35.4 Å². The van der Waals surface area contributed by atoms with Crippen LogP contribution in [-0.2, 0) is 4.79 Å². The van der Waals surface area contributed by atoms with Crippen molar-refractivity contribution in [2.45, 2.75) is 19.9 Å². The lowest BCUT2D eigenvalue weighted by Crippen LogP contribution is -2.35. The van der Waals surface area contributed by atoms with Gasteiger partial charge in [-0.25, -0.2) is 0 Å². The van der Waals surface area contributed by atoms with Crippen molar-refractivity contribution in [3.8, 4) is 12.3 Å². The normalized spacial score (nSPS) is 11.6. The summed E-state index contributed by atoms with van der Waals surface area (Å²) in [5, 5.41) is 5.78. The van der Waals surface area contributed by atoms with E-state index in [0.717, 1.165) is 5.56 Å². The van der Waals surface area contributed by atoms with Crippen LogP contribution in [0.3, 0.4) is 0 Å². The van der Waals surface area contributed by atoms with Crippen LogP contribution in [0.5, 0.6) is 0 Å². The molecule has 2 N–H and O–H groups in total. The number of hydrogen-bond acceptors (Lipinski definition) is 2. The van der Waals surface area contributed by atoms with Crippen LogP contribution in [0.25, 0.3) is 0 Å². The highest BCUT2D eigenvalue weighted by atomic mass is 16.1. The average molecular weight is 230 g/mol. The van der Waals surface area contributed by atoms with Gasteiger partial charge in [-0.15, -0.1) is 6.42 Å². The predicted molar refractivity (Wildman–Crippen MR) is 69.4 cm³/mol. The van der Waals surface area contributed by atoms with Crippen LogP contribution in [0, 0.1) is 19.3 Å². The van der Waals surface area contributed by atoms with E-state index in [9.17, 15) is 4.79 Å². The number of rotatable bonds is 5. The van der Waals surface area contributed by atoms with Gasteiger partial charge in [-0.2, -0.15) is 0 Å². The highest BCUT2D eigenvalue weighted by Gasteiger charge is 2.10. The Morgan fingerprint density at radius 2 is 2.18 bits per heavy atom. The molecule has 3 heteroatoms. The van der Waals surface area contributed by atoms with Crippen molar-refractivity contribution in [1.82, 2.24) is 10.6 Å². The molecule has 0 aromatic heterocycles. The molecule has 0 spiro atoms. The monoisotopic (exact) mass is 230 g/mol. The summed E-state index contributed by atoms with van der Waals surface area (Å²) in [6, 6.07) is 8.03. The quantitative estimate of drug-likeness (QED) is 0.593. The van der Waals surface area contributed by atoms with Gasteiger partial charge in [0.1, 0.15) is 0 Å². The van der Waals surface area contributed by atoms with Gasteiger partial charge >= 0.3 is 0 Å². The van der Waals surface area contributed by atoms with Gasteiger partial charge in [0.05, 0.1) is 19.1 Å². The van der Waals surface area contributed by atoms with Gasteiger partial charge in [-0.1, -0.05) is 30.2 Å². The third-order valence-electron chi connectivity index (χ3n) is 2.55. The molecular formula is C14H18N2O. The highest BCUT2D eigenvalue weighted by Crippen LogP contribution is 2.16. The molecule has 0 bridgehead atoms. The largest absolute Gasteiger partial charge is 0.348 e. The zero-order chi connectivity index (χ0) is 12.7. The van der Waals surface area contributed by atoms with Crippen LogP contribution in [0.2, 0.25) is 0 Å². The topological polar surface area (TPSA) is 41.1 Å². The zero-order valence-corrected chi connectivity index (χ0v) is 10.3. The fraction of sp³-hybridized carbons (Fsp3) is 0.357. The number of benzene rings is 1. The molecule has 0 radical (unpaired) electrons. The van der Waals surface area contributed by atoms with Gasteiger partial charge in [0.2, 0.25) is 5.91 Å². The van der Waals surface area contributed by atoms with Crippen LogP contribution < -0.4 is 10.6 Å². The van der Waals surface area contributed by atoms with Crippen LogP contribution in [0.4, 0.5) is 0 Å². The maximum absolute atomic E-state index is 11.6. The minimum absolute atomic E-state index is 0.0105. The van der Waals surface area contributed by atoms with E-state index in [-0.39, 0.29) is 18.5 Å². The molecule has 90 valence electrons. The second-order valence-corrected chi connectivity index (χ2v) is 3.95. The highest BCUT2D eigenvalue weighted by molar-refractivity contribution is 5.78. The van der Waals surface area contributed by atoms with E-state index in [1.165, 1.54) is 5.56 Å². The van der Waals surface area contributed by atoms with E-state index in [4.69, 9.17) is 6.42 Å². The van der Waals surface area contributed by atoms with Gasteiger partial charge in [0, 0.05) is 0 Å². The smallest absolute Gasteiger partial charge is 0.234 e. The number of amides is 1. The molecule has 3 nitrogen and oxygen atoms in total. The molecule has 17 heavy (non-hydrogen) atoms. The second kappa shape index (κ2) is 6.72. The Morgan fingerprint density at radius 3 is 2.82 bits per heavy atom. The molecule has 1 aromatic carbocycles. The van der Waals surface area contributed by atoms with E-state index in [1.54, 1.807) is 0 Å². The lowest BCUT2D eigenvalue weighted by molar-refractivity contribution is -0.120. The van der Waals surface area contributed by atoms with E-state index in [2.05, 4.69) is 16.6 Å². The van der Waals surface area contributed by atoms with Gasteiger partial charge in [0.25, 0.3) is 0 Å². The van der Waals surface area contributed by atoms with Crippen molar-refractivity contribution in [2.75, 3.05) is 13.1 Å². The van der Waals surface area contributed by atoms with E-state index in [0.29, 0.717) is 6.54 Å². The molecule has 0 heterocycles. The Morgan fingerprint density at radius 1 is 1.47 bits per heavy atom. The number of carbonyl (C=O) groups is 1. The van der Waals surface area contributed by atoms with E-state index < -0.39 is 0 Å². The zero-order valence-electron chi connectivity index (χ0n) is 10.3. The standard InChI is InChI=1S/C14H18N2O/c1-4-9-15-10-14(17)16-12(3)13-8-6-5-7-11(13)2/h1,5-8,12,15H,9-10H2,2-3H3,(H,16,17)/t12-/m0/s1. The van der Waals surface area contributed by atoms with Crippen molar-refractivity contribution in [3.63, 3.8) is 0 Å². The Hall–Kier alpha value is -1.79. The first kappa shape index (κ1) is 13.3. The summed E-state index contributed by atoms with van der Waals surface area (Å²) in [5.41, 5.74) is 2.31. The Balaban J connectivity index is 2.50. The van der Waals surface area contributed by atoms with Gasteiger partial charge < -0.3 is 5.32 Å². The SMILES string of the molecule is C#CCNCC(=O)N[C@@H](C)c1ccccc1C. The third-order valence-corrected chi connectivity index (χ3v) is 2.55. The molecular weight excluding hydrogens is 212 g/mol. The van der Waals surface area contributed by atoms with Crippen LogP contribution in [-0.4, -0.2) is 19.0 Å². The van der Waals surface area contributed by atoms with Crippen LogP contribution in [0.1, 0.15) is 24.1 Å². The van der Waals surface area contributed by atoms with Gasteiger partial charge in [0.15, 0.2) is 0 Å². The van der Waals surface area contributed by atoms with Crippen LogP contribution >= 0.6 is 0 Å². The maximum atomic E-state index is 11.6. The fourth-order valence-electron chi connectivity index (χ4n) is 1.69. The molecule has 0 unspecified atom stereocenters. The molecule has 1 rings (SSSR count). The Bertz CT molecular complexity index is 420. The van der Waals surface area contributed by atoms with E-state index in [1.807, 2.05) is 38.1 Å². The molecule has 1 atom stereocenters. The lowest BCUT2D eigenvalue weighted by atomic mass is 10.0. The summed E-state index contributed by atoms with van der Waals surface area (Å²) in [7, 11) is 0. The Labute approximate surface area is 103 Å². The molecule has 0 aliphatic carbocycles. The summed E-state index contributed by atoms with van der Waals surface area (Å²) < 4.78 is 0. The minimum atomic E-state index is -0.0454. The number of terminal acetylenes is 1. The first-order valence-corrected chi connectivity index (χ1v) is 5.64. The minimum Gasteiger partial charge on any atom is -0.348 e. The molecule has 0 aliphatic rings. The summed E-state index contributed by atoms with van der Waals surface area (Å²) in [6.07, 6.45) is 5.08. The Kier molecular flexibility index (Phi) is 5.25. The number of nitrogens with one attached hydrogen (secondary N) is 2. The number of aryl methyl sites for hydroxylation is 1. The van der Waals surface area contributed by atoms with Crippen molar-refractivity contribution in [1.29, 1.82) is 0 Å². The summed E-state index contributed by atoms with van der Waals surface area (Å²) in [4.78, 5) is 11.6. The van der Waals surface area contributed by atoms with Crippen molar-refractivity contribution in [2.24, 2.45) is 0 Å². The lowest BCUT2D eigenvalue weighted by Gasteiger charge is -2.16. The van der Waals surface area contributed by atoms with Crippen molar-refractivity contribution < 1.29 is 4.79 Å². The first-order chi connectivity index (χ1) is 8.15. The second-order valence-electron chi connectivity index (χ2n) is 3.95. The molecule has 1 amide bonds. The average Bonchev–Trinajstić information content (AvgIpc) is 2.29. The number of hydrogen-bond donors (Lipinski definition) is 2. The first-order valence-electron chi connectivity index (χ1n) is 5.64. The summed E-state index contributed by atoms with van der Waals surface area (Å²) in [5.74, 6) is 2.38. The van der Waals surface area contributed by atoms with Crippen molar-refractivity contribution >= 4 is 5.91 Å². The molecule has 0 saturated carbocycles. The fourth-order valence-corrected chi connectivity index (χ4v) is 1.69. The van der Waals surface area contributed by atoms with E-state index >= 15 is 0 Å². The summed E-state index contributed by atoms with van der Waals surface area (Å²) in [6.45, 7) is 4.67. The predicted octanol–water partition coefficient (Wildman–Crippen LogP) is 1.40. The molecule has 0 aliphatic heterocycles. The molecule has 1 aromatic rings. The maximum Gasteiger partial charge on any atom is 0.234 e. The van der Waals surface area contributed by atoms with Gasteiger partial charge in [-0.3, -0.25) is 10.1 Å².